The molecule has 2 heterocycles. The molecule has 0 radical (unpaired) electrons. The van der Waals surface area contributed by atoms with Crippen LogP contribution in [-0.4, -0.2) is 17.9 Å². The molecule has 4 nitrogen and oxygen atoms in total. The normalized spacial score (nSPS) is 13.1. The van der Waals surface area contributed by atoms with Crippen molar-refractivity contribution in [3.8, 4) is 5.69 Å². The molecule has 0 aliphatic heterocycles. The zero-order valence-electron chi connectivity index (χ0n) is 25.8. The molecule has 5 heteroatoms. The predicted octanol–water partition coefficient (Wildman–Crippen LogP) is 7.98. The summed E-state index contributed by atoms with van der Waals surface area (Å²) in [5.41, 5.74) is 6.91. The van der Waals surface area contributed by atoms with Gasteiger partial charge < -0.3 is 9.40 Å². The van der Waals surface area contributed by atoms with E-state index in [1.54, 1.807) is 0 Å². The van der Waals surface area contributed by atoms with Gasteiger partial charge in [0.1, 0.15) is 11.2 Å². The molecule has 8 aromatic rings. The van der Waals surface area contributed by atoms with Gasteiger partial charge in [0.15, 0.2) is 8.07 Å². The van der Waals surface area contributed by atoms with Crippen molar-refractivity contribution in [3.63, 3.8) is 0 Å². The first kappa shape index (κ1) is 27.5. The summed E-state index contributed by atoms with van der Waals surface area (Å²) in [4.78, 5) is 5.39. The van der Waals surface area contributed by atoms with Crippen molar-refractivity contribution < 1.29 is 4.42 Å². The lowest BCUT2D eigenvalue weighted by atomic mass is 10.1. The van der Waals surface area contributed by atoms with Gasteiger partial charge in [0.2, 0.25) is 0 Å². The molecule has 0 bridgehead atoms. The molecule has 9 rings (SSSR count). The van der Waals surface area contributed by atoms with Gasteiger partial charge in [0.05, 0.1) is 5.69 Å². The molecule has 0 fully saturated rings. The van der Waals surface area contributed by atoms with Gasteiger partial charge in [-0.1, -0.05) is 139 Å². The lowest BCUT2D eigenvalue weighted by molar-refractivity contribution is 0.668. The van der Waals surface area contributed by atoms with E-state index in [9.17, 15) is 0 Å². The minimum Gasteiger partial charge on any atom is -0.655 e. The Morgan fingerprint density at radius 1 is 0.574 bits per heavy atom. The van der Waals surface area contributed by atoms with Gasteiger partial charge in [-0.2, -0.15) is 0 Å². The molecule has 0 unspecified atom stereocenters. The van der Waals surface area contributed by atoms with Crippen molar-refractivity contribution in [2.24, 2.45) is 0 Å². The SMILES string of the molecule is C1=C([Si](c2ccccc2)(c2ccccc2)c2ccccc2)CCc2c1[n-]c1ccccc1[nH]n2-c1ccc2oc3ccccc3c2c1. The number of H-pyrrole nitrogens is 1. The summed E-state index contributed by atoms with van der Waals surface area (Å²) in [6.07, 6.45) is 4.18. The Labute approximate surface area is 273 Å². The van der Waals surface area contributed by atoms with Gasteiger partial charge >= 0.3 is 0 Å². The molecular weight excluding hydrogens is 591 g/mol. The van der Waals surface area contributed by atoms with Crippen molar-refractivity contribution in [2.45, 2.75) is 12.8 Å². The number of fused-ring (bicyclic) bond motifs is 5. The number of allylic oxidation sites excluding steroid dienone is 1. The van der Waals surface area contributed by atoms with Crippen molar-refractivity contribution in [1.82, 2.24) is 14.8 Å². The Morgan fingerprint density at radius 2 is 1.17 bits per heavy atom. The molecule has 0 saturated heterocycles. The predicted molar refractivity (Wildman–Crippen MR) is 196 cm³/mol. The van der Waals surface area contributed by atoms with Crippen molar-refractivity contribution in [2.75, 3.05) is 0 Å². The van der Waals surface area contributed by atoms with E-state index in [-0.39, 0.29) is 0 Å². The Morgan fingerprint density at radius 3 is 1.87 bits per heavy atom. The lowest BCUT2D eigenvalue weighted by Crippen LogP contribution is -2.68. The largest absolute Gasteiger partial charge is 0.655 e. The Kier molecular flexibility index (Phi) is 6.58. The number of benzene rings is 6. The first-order valence-corrected chi connectivity index (χ1v) is 18.2. The summed E-state index contributed by atoms with van der Waals surface area (Å²) in [6.45, 7) is 0. The van der Waals surface area contributed by atoms with E-state index in [0.717, 1.165) is 62.9 Å². The van der Waals surface area contributed by atoms with Crippen molar-refractivity contribution >= 4 is 62.7 Å². The Bertz CT molecular complexity index is 2370. The van der Waals surface area contributed by atoms with E-state index in [1.165, 1.54) is 20.8 Å². The molecular formula is C42H32N3OSi-. The summed E-state index contributed by atoms with van der Waals surface area (Å²) < 4.78 is 8.43. The highest BCUT2D eigenvalue weighted by Gasteiger charge is 2.43. The molecule has 0 spiro atoms. The Hall–Kier alpha value is -5.78. The van der Waals surface area contributed by atoms with E-state index >= 15 is 0 Å². The van der Waals surface area contributed by atoms with Crippen molar-refractivity contribution in [1.29, 1.82) is 0 Å². The lowest BCUT2D eigenvalue weighted by Gasteiger charge is -2.39. The first-order valence-electron chi connectivity index (χ1n) is 16.2. The minimum absolute atomic E-state index is 0.844. The molecule has 1 aliphatic carbocycles. The molecule has 6 aromatic carbocycles. The average molecular weight is 623 g/mol. The maximum Gasteiger partial charge on any atom is 0.175 e. The van der Waals surface area contributed by atoms with Gasteiger partial charge in [0, 0.05) is 22.0 Å². The maximum absolute atomic E-state index is 6.19. The molecule has 226 valence electrons. The number of nitrogens with zero attached hydrogens (tertiary/aromatic N) is 2. The second kappa shape index (κ2) is 11.2. The minimum atomic E-state index is -2.65. The Balaban J connectivity index is 1.34. The van der Waals surface area contributed by atoms with Gasteiger partial charge in [-0.25, -0.2) is 0 Å². The number of nitrogens with one attached hydrogen (secondary N) is 1. The molecule has 47 heavy (non-hydrogen) atoms. The number of para-hydroxylation sites is 3. The van der Waals surface area contributed by atoms with E-state index in [1.807, 2.05) is 12.1 Å². The van der Waals surface area contributed by atoms with Gasteiger partial charge in [-0.05, 0) is 58.7 Å². The molecule has 0 amide bonds. The third-order valence-electron chi connectivity index (χ3n) is 9.61. The molecule has 1 aliphatic rings. The fourth-order valence-corrected chi connectivity index (χ4v) is 12.5. The van der Waals surface area contributed by atoms with E-state index < -0.39 is 8.07 Å². The van der Waals surface area contributed by atoms with E-state index in [2.05, 4.69) is 161 Å². The number of furan rings is 1. The highest BCUT2D eigenvalue weighted by Crippen LogP contribution is 2.33. The van der Waals surface area contributed by atoms with Crippen LogP contribution in [0.25, 0.3) is 44.7 Å². The summed E-state index contributed by atoms with van der Waals surface area (Å²) in [6, 6.07) is 56.5. The molecule has 0 saturated carbocycles. The zero-order chi connectivity index (χ0) is 31.2. The molecule has 0 atom stereocenters. The van der Waals surface area contributed by atoms with Crippen LogP contribution in [0.4, 0.5) is 0 Å². The molecule has 2 aromatic heterocycles. The summed E-state index contributed by atoms with van der Waals surface area (Å²) >= 11 is 0. The third kappa shape index (κ3) is 4.50. The summed E-state index contributed by atoms with van der Waals surface area (Å²) in [5, 5.41) is 11.6. The van der Waals surface area contributed by atoms with Crippen LogP contribution in [0.5, 0.6) is 0 Å². The number of rotatable bonds is 5. The fourth-order valence-electron chi connectivity index (χ4n) is 7.50. The monoisotopic (exact) mass is 622 g/mol. The highest BCUT2D eigenvalue weighted by molar-refractivity contribution is 7.16. The summed E-state index contributed by atoms with van der Waals surface area (Å²) in [7, 11) is -2.65. The number of aromatic amines is 1. The fraction of sp³-hybridized carbons (Fsp3) is 0.0476. The quantitative estimate of drug-likeness (QED) is 0.156. The second-order valence-corrected chi connectivity index (χ2v) is 16.1. The van der Waals surface area contributed by atoms with Crippen LogP contribution >= 0.6 is 0 Å². The van der Waals surface area contributed by atoms with Crippen LogP contribution in [-0.2, 0) is 6.42 Å². The van der Waals surface area contributed by atoms with E-state index in [0.29, 0.717) is 0 Å². The first-order chi connectivity index (χ1) is 23.3. The third-order valence-corrected chi connectivity index (χ3v) is 14.6. The van der Waals surface area contributed by atoms with Gasteiger partial charge in [0.25, 0.3) is 0 Å². The van der Waals surface area contributed by atoms with Gasteiger partial charge in [-0.3, -0.25) is 9.78 Å². The topological polar surface area (TPSA) is 48.0 Å². The standard InChI is InChI=1S/C42H32N3OSi/c1-4-14-31(15-5-1)47(32-16-6-2-7-17-32,33-18-8-3-9-19-33)34-25-26-40-39(29-34)43-37-21-11-12-22-38(37)44-45(40)30-24-27-42-36(28-30)35-20-10-13-23-41(35)46-42/h1-24,27-29,44H,25-26H2/q-1. The average Bonchev–Trinajstić information content (AvgIpc) is 3.42. The van der Waals surface area contributed by atoms with Crippen molar-refractivity contribution in [3.05, 3.63) is 174 Å². The van der Waals surface area contributed by atoms with E-state index in [4.69, 9.17) is 9.40 Å². The number of hydrogen-bond acceptors (Lipinski definition) is 1. The highest BCUT2D eigenvalue weighted by atomic mass is 28.3. The van der Waals surface area contributed by atoms with Crippen LogP contribution in [0.3, 0.4) is 0 Å². The smallest absolute Gasteiger partial charge is 0.175 e. The number of aromatic nitrogens is 3. The van der Waals surface area contributed by atoms with Crippen LogP contribution < -0.4 is 20.5 Å². The van der Waals surface area contributed by atoms with Crippen LogP contribution in [0.15, 0.2) is 167 Å². The van der Waals surface area contributed by atoms with Crippen LogP contribution in [0, 0.1) is 0 Å². The summed E-state index contributed by atoms with van der Waals surface area (Å²) in [5.74, 6) is 0. The maximum atomic E-state index is 6.19. The second-order valence-electron chi connectivity index (χ2n) is 12.2. The van der Waals surface area contributed by atoms with Gasteiger partial charge in [-0.15, -0.1) is 11.2 Å². The molecule has 1 N–H and O–H groups in total. The van der Waals surface area contributed by atoms with Crippen LogP contribution in [0.1, 0.15) is 17.8 Å². The zero-order valence-corrected chi connectivity index (χ0v) is 26.8. The van der Waals surface area contributed by atoms with Crippen LogP contribution in [0.2, 0.25) is 0 Å². The number of hydrogen-bond donors (Lipinski definition) is 1.